The van der Waals surface area contributed by atoms with Crippen LogP contribution < -0.4 is 11.2 Å². The van der Waals surface area contributed by atoms with E-state index in [-0.39, 0.29) is 25.7 Å². The molecule has 0 saturated heterocycles. The maximum atomic E-state index is 12.9. The molecule has 0 fully saturated rings. The van der Waals surface area contributed by atoms with Crippen molar-refractivity contribution in [2.45, 2.75) is 45.7 Å². The molecule has 0 saturated carbocycles. The van der Waals surface area contributed by atoms with Crippen molar-refractivity contribution in [3.8, 4) is 0 Å². The Bertz CT molecular complexity index is 1260. The summed E-state index contributed by atoms with van der Waals surface area (Å²) in [7, 11) is -2.34. The van der Waals surface area contributed by atoms with Crippen molar-refractivity contribution < 1.29 is 14.4 Å². The number of fused-ring (bicyclic) bond motifs is 1. The van der Waals surface area contributed by atoms with Gasteiger partial charge in [-0.05, 0) is 37.8 Å². The number of aryl methyl sites for hydroxylation is 4. The minimum Gasteiger partial charge on any atom is -0.325 e. The molecule has 3 rings (SSSR count). The highest BCUT2D eigenvalue weighted by atomic mass is 35.5. The van der Waals surface area contributed by atoms with E-state index >= 15 is 0 Å². The van der Waals surface area contributed by atoms with Crippen LogP contribution in [0.25, 0.3) is 11.2 Å². The van der Waals surface area contributed by atoms with Gasteiger partial charge in [-0.3, -0.25) is 18.5 Å². The van der Waals surface area contributed by atoms with E-state index in [1.165, 1.54) is 4.57 Å². The van der Waals surface area contributed by atoms with Crippen LogP contribution in [0, 0.1) is 0 Å². The van der Waals surface area contributed by atoms with Crippen LogP contribution in [-0.4, -0.2) is 34.6 Å². The van der Waals surface area contributed by atoms with E-state index in [0.29, 0.717) is 41.3 Å². The average molecular weight is 469 g/mol. The van der Waals surface area contributed by atoms with Crippen LogP contribution in [0.15, 0.2) is 33.9 Å². The van der Waals surface area contributed by atoms with E-state index in [2.05, 4.69) is 4.98 Å². The van der Waals surface area contributed by atoms with E-state index in [0.717, 1.165) is 10.1 Å². The molecule has 11 heteroatoms. The third-order valence-corrected chi connectivity index (χ3v) is 6.58. The molecule has 168 valence electrons. The largest absolute Gasteiger partial charge is 0.332 e. The predicted octanol–water partition coefficient (Wildman–Crippen LogP) is 2.31. The zero-order valence-corrected chi connectivity index (χ0v) is 19.1. The van der Waals surface area contributed by atoms with Gasteiger partial charge in [0.2, 0.25) is 0 Å². The van der Waals surface area contributed by atoms with Gasteiger partial charge in [-0.15, -0.1) is 0 Å². The minimum absolute atomic E-state index is 0.218. The zero-order valence-electron chi connectivity index (χ0n) is 17.5. The molecule has 0 aliphatic carbocycles. The average Bonchev–Trinajstić information content (AvgIpc) is 3.02. The molecule has 0 atom stereocenters. The Morgan fingerprint density at radius 3 is 2.45 bits per heavy atom. The first-order chi connectivity index (χ1) is 14.6. The summed E-state index contributed by atoms with van der Waals surface area (Å²) >= 11 is 6.24. The lowest BCUT2D eigenvalue weighted by atomic mass is 10.1. The standard InChI is InChI=1S/C20H26ClN4O5P/c1-3-24-19(26)17-18(25(20(24)27)12-6-7-13-31(28,29)30)22-16(23(17)2)11-10-14-8-4-5-9-15(14)21/h4-5,8-9H,3,6-7,10-13H2,1-2H3,(H2,28,29,30). The Kier molecular flexibility index (Phi) is 7.21. The Morgan fingerprint density at radius 2 is 1.81 bits per heavy atom. The molecule has 2 N–H and O–H groups in total. The van der Waals surface area contributed by atoms with Crippen molar-refractivity contribution in [1.82, 2.24) is 18.7 Å². The molecule has 0 radical (unpaired) electrons. The van der Waals surface area contributed by atoms with Crippen LogP contribution in [0.1, 0.15) is 31.2 Å². The first kappa shape index (κ1) is 23.5. The summed E-state index contributed by atoms with van der Waals surface area (Å²) in [5.74, 6) is 0.657. The van der Waals surface area contributed by atoms with E-state index < -0.39 is 18.8 Å². The lowest BCUT2D eigenvalue weighted by Crippen LogP contribution is -2.40. The van der Waals surface area contributed by atoms with Crippen molar-refractivity contribution >= 4 is 30.4 Å². The summed E-state index contributed by atoms with van der Waals surface area (Å²) in [5, 5.41) is 0.663. The van der Waals surface area contributed by atoms with Crippen LogP contribution >= 0.6 is 19.2 Å². The third-order valence-electron chi connectivity index (χ3n) is 5.31. The molecule has 0 spiro atoms. The van der Waals surface area contributed by atoms with Gasteiger partial charge in [-0.1, -0.05) is 29.8 Å². The van der Waals surface area contributed by atoms with Crippen LogP contribution in [0.2, 0.25) is 5.02 Å². The van der Waals surface area contributed by atoms with Crippen LogP contribution in [0.5, 0.6) is 0 Å². The van der Waals surface area contributed by atoms with E-state index in [1.54, 1.807) is 18.5 Å². The summed E-state index contributed by atoms with van der Waals surface area (Å²) in [5.41, 5.74) is 0.745. The number of aromatic nitrogens is 4. The minimum atomic E-state index is -4.09. The molecule has 0 aliphatic heterocycles. The second-order valence-corrected chi connectivity index (χ2v) is 9.61. The highest BCUT2D eigenvalue weighted by Gasteiger charge is 2.20. The van der Waals surface area contributed by atoms with Crippen molar-refractivity contribution in [1.29, 1.82) is 0 Å². The fourth-order valence-corrected chi connectivity index (χ4v) is 4.51. The van der Waals surface area contributed by atoms with Gasteiger partial charge in [-0.2, -0.15) is 0 Å². The normalized spacial score (nSPS) is 12.0. The molecule has 2 heterocycles. The number of imidazole rings is 1. The van der Waals surface area contributed by atoms with Gasteiger partial charge in [0.25, 0.3) is 5.56 Å². The summed E-state index contributed by atoms with van der Waals surface area (Å²) < 4.78 is 15.4. The summed E-state index contributed by atoms with van der Waals surface area (Å²) in [6.45, 7) is 2.16. The highest BCUT2D eigenvalue weighted by Crippen LogP contribution is 2.35. The summed E-state index contributed by atoms with van der Waals surface area (Å²) in [4.78, 5) is 48.5. The lowest BCUT2D eigenvalue weighted by molar-refractivity contribution is 0.370. The molecule has 31 heavy (non-hydrogen) atoms. The van der Waals surface area contributed by atoms with Crippen molar-refractivity contribution in [3.63, 3.8) is 0 Å². The van der Waals surface area contributed by atoms with Crippen molar-refractivity contribution in [2.24, 2.45) is 7.05 Å². The fraction of sp³-hybridized carbons (Fsp3) is 0.450. The number of benzene rings is 1. The number of hydrogen-bond donors (Lipinski definition) is 2. The lowest BCUT2D eigenvalue weighted by Gasteiger charge is -2.11. The molecular formula is C20H26ClN4O5P. The Labute approximate surface area is 184 Å². The van der Waals surface area contributed by atoms with Gasteiger partial charge < -0.3 is 14.4 Å². The molecular weight excluding hydrogens is 443 g/mol. The molecule has 0 amide bonds. The number of rotatable bonds is 9. The Balaban J connectivity index is 1.98. The molecule has 1 aromatic carbocycles. The van der Waals surface area contributed by atoms with E-state index in [4.69, 9.17) is 21.4 Å². The fourth-order valence-electron chi connectivity index (χ4n) is 3.65. The number of halogens is 1. The zero-order chi connectivity index (χ0) is 22.8. The topological polar surface area (TPSA) is 119 Å². The number of hydrogen-bond acceptors (Lipinski definition) is 4. The van der Waals surface area contributed by atoms with Crippen LogP contribution in [0.4, 0.5) is 0 Å². The number of unbranched alkanes of at least 4 members (excludes halogenated alkanes) is 1. The molecule has 0 bridgehead atoms. The molecule has 0 unspecified atom stereocenters. The van der Waals surface area contributed by atoms with Crippen LogP contribution in [-0.2, 0) is 37.5 Å². The van der Waals surface area contributed by atoms with Gasteiger partial charge in [0.1, 0.15) is 5.82 Å². The third kappa shape index (κ3) is 5.18. The summed E-state index contributed by atoms with van der Waals surface area (Å²) in [6, 6.07) is 7.53. The predicted molar refractivity (Wildman–Crippen MR) is 120 cm³/mol. The quantitative estimate of drug-likeness (QED) is 0.367. The van der Waals surface area contributed by atoms with Crippen molar-refractivity contribution in [2.75, 3.05) is 6.16 Å². The smallest absolute Gasteiger partial charge is 0.325 e. The van der Waals surface area contributed by atoms with Crippen LogP contribution in [0.3, 0.4) is 0 Å². The maximum absolute atomic E-state index is 12.9. The second-order valence-electron chi connectivity index (χ2n) is 7.43. The Hall–Kier alpha value is -2.19. The monoisotopic (exact) mass is 468 g/mol. The van der Waals surface area contributed by atoms with Crippen molar-refractivity contribution in [3.05, 3.63) is 61.5 Å². The summed E-state index contributed by atoms with van der Waals surface area (Å²) in [6.07, 6.45) is 1.56. The molecule has 9 nitrogen and oxygen atoms in total. The van der Waals surface area contributed by atoms with Gasteiger partial charge in [-0.25, -0.2) is 9.78 Å². The van der Waals surface area contributed by atoms with Gasteiger partial charge in [0.05, 0.1) is 0 Å². The Morgan fingerprint density at radius 1 is 1.10 bits per heavy atom. The number of nitrogens with zero attached hydrogens (tertiary/aromatic N) is 4. The SMILES string of the molecule is CCn1c(=O)c2c(nc(CCc3ccccc3Cl)n2C)n(CCCCP(=O)(O)O)c1=O. The van der Waals surface area contributed by atoms with Gasteiger partial charge in [0, 0.05) is 37.7 Å². The highest BCUT2D eigenvalue weighted by molar-refractivity contribution is 7.51. The molecule has 2 aromatic heterocycles. The molecule has 3 aromatic rings. The first-order valence-corrected chi connectivity index (χ1v) is 12.3. The second kappa shape index (κ2) is 9.53. The van der Waals surface area contributed by atoms with E-state index in [1.807, 2.05) is 24.3 Å². The molecule has 0 aliphatic rings. The van der Waals surface area contributed by atoms with Gasteiger partial charge in [0.15, 0.2) is 11.2 Å². The van der Waals surface area contributed by atoms with Gasteiger partial charge >= 0.3 is 13.3 Å². The first-order valence-electron chi connectivity index (χ1n) is 10.1. The maximum Gasteiger partial charge on any atom is 0.332 e. The van der Waals surface area contributed by atoms with E-state index in [9.17, 15) is 14.2 Å².